The number of rotatable bonds is 8. The van der Waals surface area contributed by atoms with E-state index < -0.39 is 14.9 Å². The first-order valence-corrected chi connectivity index (χ1v) is 8.88. The predicted molar refractivity (Wildman–Crippen MR) is 98.1 cm³/mol. The fourth-order valence-electron chi connectivity index (χ4n) is 2.25. The third kappa shape index (κ3) is 5.50. The predicted octanol–water partition coefficient (Wildman–Crippen LogP) is 2.56. The van der Waals surface area contributed by atoms with Gasteiger partial charge < -0.3 is 5.73 Å². The Hall–Kier alpha value is -2.00. The van der Waals surface area contributed by atoms with Crippen LogP contribution < -0.4 is 5.73 Å². The van der Waals surface area contributed by atoms with Crippen LogP contribution >= 0.6 is 12.4 Å². The highest BCUT2D eigenvalue weighted by Gasteiger charge is 2.25. The number of sulfonamides is 1. The molecule has 25 heavy (non-hydrogen) atoms. The Labute approximate surface area is 153 Å². The van der Waals surface area contributed by atoms with Gasteiger partial charge in [-0.15, -0.1) is 12.4 Å². The maximum absolute atomic E-state index is 12.9. The van der Waals surface area contributed by atoms with Gasteiger partial charge in [-0.3, -0.25) is 10.1 Å². The molecule has 0 fully saturated rings. The van der Waals surface area contributed by atoms with Gasteiger partial charge in [0.25, 0.3) is 5.69 Å². The standard InChI is InChI=1S/C16H19N3O4S.ClH/c17-10-5-11-18(13-14-6-2-1-3-7-14)24(22,23)16-9-4-8-15(12-16)19(20)21;/h1-4,6-9,12H,5,10-11,13,17H2;1H. The second-order valence-electron chi connectivity index (χ2n) is 5.22. The zero-order valence-electron chi connectivity index (χ0n) is 13.4. The summed E-state index contributed by atoms with van der Waals surface area (Å²) in [4.78, 5) is 10.2. The first kappa shape index (κ1) is 21.0. The fourth-order valence-corrected chi connectivity index (χ4v) is 3.75. The van der Waals surface area contributed by atoms with Crippen LogP contribution in [0.2, 0.25) is 0 Å². The van der Waals surface area contributed by atoms with Crippen molar-refractivity contribution in [2.45, 2.75) is 17.9 Å². The van der Waals surface area contributed by atoms with E-state index in [0.29, 0.717) is 13.0 Å². The van der Waals surface area contributed by atoms with Gasteiger partial charge in [0.15, 0.2) is 0 Å². The molecule has 2 rings (SSSR count). The minimum absolute atomic E-state index is 0. The van der Waals surface area contributed by atoms with Crippen molar-refractivity contribution in [1.82, 2.24) is 4.31 Å². The molecule has 0 spiro atoms. The van der Waals surface area contributed by atoms with Crippen molar-refractivity contribution >= 4 is 28.1 Å². The molecule has 0 radical (unpaired) electrons. The number of hydrogen-bond acceptors (Lipinski definition) is 5. The Morgan fingerprint density at radius 1 is 1.08 bits per heavy atom. The molecular formula is C16H20ClN3O4S. The van der Waals surface area contributed by atoms with Gasteiger partial charge in [-0.1, -0.05) is 36.4 Å². The first-order chi connectivity index (χ1) is 11.4. The van der Waals surface area contributed by atoms with Crippen LogP contribution in [0, 0.1) is 10.1 Å². The number of nitrogens with two attached hydrogens (primary N) is 1. The van der Waals surface area contributed by atoms with Crippen molar-refractivity contribution in [2.75, 3.05) is 13.1 Å². The summed E-state index contributed by atoms with van der Waals surface area (Å²) >= 11 is 0. The Morgan fingerprint density at radius 2 is 1.76 bits per heavy atom. The average Bonchev–Trinajstić information content (AvgIpc) is 2.59. The first-order valence-electron chi connectivity index (χ1n) is 7.44. The van der Waals surface area contributed by atoms with Gasteiger partial charge in [0.1, 0.15) is 0 Å². The third-order valence-corrected chi connectivity index (χ3v) is 5.32. The van der Waals surface area contributed by atoms with Crippen LogP contribution in [0.4, 0.5) is 5.69 Å². The van der Waals surface area contributed by atoms with Crippen LogP contribution in [0.3, 0.4) is 0 Å². The Bertz CT molecular complexity index is 800. The second kappa shape index (κ2) is 9.47. The average molecular weight is 386 g/mol. The van der Waals surface area contributed by atoms with Crippen LogP contribution in [0.25, 0.3) is 0 Å². The summed E-state index contributed by atoms with van der Waals surface area (Å²) in [5.41, 5.74) is 6.09. The van der Waals surface area contributed by atoms with E-state index >= 15 is 0 Å². The topological polar surface area (TPSA) is 107 Å². The summed E-state index contributed by atoms with van der Waals surface area (Å²) in [7, 11) is -3.85. The molecule has 0 heterocycles. The van der Waals surface area contributed by atoms with Gasteiger partial charge in [-0.25, -0.2) is 8.42 Å². The lowest BCUT2D eigenvalue weighted by Crippen LogP contribution is -2.32. The second-order valence-corrected chi connectivity index (χ2v) is 7.16. The highest BCUT2D eigenvalue weighted by atomic mass is 35.5. The van der Waals surface area contributed by atoms with Gasteiger partial charge in [0, 0.05) is 25.2 Å². The highest BCUT2D eigenvalue weighted by molar-refractivity contribution is 7.89. The summed E-state index contributed by atoms with van der Waals surface area (Å²) in [5.74, 6) is 0. The summed E-state index contributed by atoms with van der Waals surface area (Å²) in [6.07, 6.45) is 0.501. The van der Waals surface area contributed by atoms with Crippen molar-refractivity contribution < 1.29 is 13.3 Å². The lowest BCUT2D eigenvalue weighted by molar-refractivity contribution is -0.385. The molecule has 0 atom stereocenters. The summed E-state index contributed by atoms with van der Waals surface area (Å²) in [5, 5.41) is 10.9. The van der Waals surface area contributed by atoms with Gasteiger partial charge >= 0.3 is 0 Å². The number of benzene rings is 2. The Morgan fingerprint density at radius 3 is 2.36 bits per heavy atom. The number of non-ortho nitro benzene ring substituents is 1. The Kier molecular flexibility index (Phi) is 7.98. The molecule has 136 valence electrons. The van der Waals surface area contributed by atoms with Crippen molar-refractivity contribution in [2.24, 2.45) is 5.73 Å². The molecule has 2 N–H and O–H groups in total. The summed E-state index contributed by atoms with van der Waals surface area (Å²) < 4.78 is 27.1. The zero-order chi connectivity index (χ0) is 17.6. The zero-order valence-corrected chi connectivity index (χ0v) is 15.1. The molecule has 0 amide bonds. The maximum atomic E-state index is 12.9. The van der Waals surface area contributed by atoms with Gasteiger partial charge in [0.05, 0.1) is 9.82 Å². The van der Waals surface area contributed by atoms with Crippen LogP contribution in [-0.4, -0.2) is 30.7 Å². The molecule has 0 saturated carbocycles. The molecule has 0 aliphatic rings. The van der Waals surface area contributed by atoms with E-state index in [-0.39, 0.29) is 36.1 Å². The summed E-state index contributed by atoms with van der Waals surface area (Å²) in [6.45, 7) is 0.790. The van der Waals surface area contributed by atoms with E-state index in [1.807, 2.05) is 30.3 Å². The van der Waals surface area contributed by atoms with E-state index in [0.717, 1.165) is 11.6 Å². The van der Waals surface area contributed by atoms with Crippen LogP contribution in [0.1, 0.15) is 12.0 Å². The lowest BCUT2D eigenvalue weighted by Gasteiger charge is -2.22. The number of nitrogens with zero attached hydrogens (tertiary/aromatic N) is 2. The molecule has 0 bridgehead atoms. The molecule has 0 saturated heterocycles. The molecule has 7 nitrogen and oxygen atoms in total. The van der Waals surface area contributed by atoms with E-state index in [1.54, 1.807) is 0 Å². The number of nitro benzene ring substituents is 1. The molecule has 0 aromatic heterocycles. The van der Waals surface area contributed by atoms with E-state index in [2.05, 4.69) is 0 Å². The third-order valence-electron chi connectivity index (χ3n) is 3.48. The van der Waals surface area contributed by atoms with Crippen LogP contribution in [0.15, 0.2) is 59.5 Å². The molecule has 0 aliphatic carbocycles. The normalized spacial score (nSPS) is 11.1. The highest BCUT2D eigenvalue weighted by Crippen LogP contribution is 2.22. The SMILES string of the molecule is Cl.NCCCN(Cc1ccccc1)S(=O)(=O)c1cccc([N+](=O)[O-])c1. The molecule has 2 aromatic carbocycles. The smallest absolute Gasteiger partial charge is 0.270 e. The number of nitro groups is 1. The van der Waals surface area contributed by atoms with E-state index in [1.165, 1.54) is 22.5 Å². The van der Waals surface area contributed by atoms with Crippen molar-refractivity contribution in [3.05, 3.63) is 70.3 Å². The maximum Gasteiger partial charge on any atom is 0.270 e. The number of halogens is 1. The van der Waals surface area contributed by atoms with E-state index in [9.17, 15) is 18.5 Å². The molecule has 2 aromatic rings. The van der Waals surface area contributed by atoms with Crippen molar-refractivity contribution in [3.63, 3.8) is 0 Å². The van der Waals surface area contributed by atoms with Gasteiger partial charge in [-0.05, 0) is 24.6 Å². The number of hydrogen-bond donors (Lipinski definition) is 1. The Balaban J connectivity index is 0.00000312. The van der Waals surface area contributed by atoms with Crippen molar-refractivity contribution in [3.8, 4) is 0 Å². The summed E-state index contributed by atoms with van der Waals surface area (Å²) in [6, 6.07) is 14.3. The van der Waals surface area contributed by atoms with Crippen LogP contribution in [0.5, 0.6) is 0 Å². The minimum Gasteiger partial charge on any atom is -0.330 e. The van der Waals surface area contributed by atoms with Crippen molar-refractivity contribution in [1.29, 1.82) is 0 Å². The van der Waals surface area contributed by atoms with Crippen LogP contribution in [-0.2, 0) is 16.6 Å². The van der Waals surface area contributed by atoms with Gasteiger partial charge in [0.2, 0.25) is 10.0 Å². The lowest BCUT2D eigenvalue weighted by atomic mass is 10.2. The largest absolute Gasteiger partial charge is 0.330 e. The van der Waals surface area contributed by atoms with E-state index in [4.69, 9.17) is 5.73 Å². The fraction of sp³-hybridized carbons (Fsp3) is 0.250. The quantitative estimate of drug-likeness (QED) is 0.555. The van der Waals surface area contributed by atoms with Gasteiger partial charge in [-0.2, -0.15) is 4.31 Å². The molecule has 0 unspecified atom stereocenters. The molecular weight excluding hydrogens is 366 g/mol. The molecule has 9 heteroatoms. The minimum atomic E-state index is -3.85. The monoisotopic (exact) mass is 385 g/mol. The molecule has 0 aliphatic heterocycles.